The van der Waals surface area contributed by atoms with Crippen molar-refractivity contribution in [3.8, 4) is 5.75 Å². The third kappa shape index (κ3) is 4.72. The molecule has 1 aliphatic rings. The van der Waals surface area contributed by atoms with Gasteiger partial charge in [-0.05, 0) is 57.6 Å². The molecule has 1 aromatic carbocycles. The van der Waals surface area contributed by atoms with Gasteiger partial charge in [-0.3, -0.25) is 4.79 Å². The van der Waals surface area contributed by atoms with E-state index in [1.54, 1.807) is 0 Å². The van der Waals surface area contributed by atoms with E-state index >= 15 is 0 Å². The summed E-state index contributed by atoms with van der Waals surface area (Å²) in [5.74, 6) is 0.415. The van der Waals surface area contributed by atoms with Crippen LogP contribution in [-0.4, -0.2) is 49.3 Å². The molecule has 21 heavy (non-hydrogen) atoms. The highest BCUT2D eigenvalue weighted by atomic mass is 16.5. The fourth-order valence-corrected chi connectivity index (χ4v) is 2.46. The second-order valence-corrected chi connectivity index (χ2v) is 5.77. The van der Waals surface area contributed by atoms with Gasteiger partial charge in [0.2, 0.25) is 5.91 Å². The molecule has 1 amide bonds. The highest BCUT2D eigenvalue weighted by Gasteiger charge is 2.31. The van der Waals surface area contributed by atoms with Gasteiger partial charge in [0, 0.05) is 12.2 Å². The van der Waals surface area contributed by atoms with Crippen molar-refractivity contribution in [2.75, 3.05) is 32.6 Å². The minimum Gasteiger partial charge on any atom is -0.492 e. The average Bonchev–Trinajstić information content (AvgIpc) is 2.87. The van der Waals surface area contributed by atoms with Gasteiger partial charge in [0.25, 0.3) is 0 Å². The van der Waals surface area contributed by atoms with Gasteiger partial charge in [0.15, 0.2) is 0 Å². The van der Waals surface area contributed by atoms with E-state index in [0.717, 1.165) is 37.2 Å². The summed E-state index contributed by atoms with van der Waals surface area (Å²) < 4.78 is 5.60. The van der Waals surface area contributed by atoms with E-state index in [2.05, 4.69) is 10.2 Å². The summed E-state index contributed by atoms with van der Waals surface area (Å²) in [6, 6.07) is 7.33. The van der Waals surface area contributed by atoms with Crippen LogP contribution in [-0.2, 0) is 4.79 Å². The molecule has 5 nitrogen and oxygen atoms in total. The number of rotatable bonds is 6. The molecule has 0 radical (unpaired) electrons. The van der Waals surface area contributed by atoms with E-state index in [9.17, 15) is 9.90 Å². The summed E-state index contributed by atoms with van der Waals surface area (Å²) in [7, 11) is 4.00. The maximum Gasteiger partial charge on any atom is 0.230 e. The van der Waals surface area contributed by atoms with Crippen molar-refractivity contribution < 1.29 is 14.6 Å². The molecule has 1 aliphatic carbocycles. The summed E-state index contributed by atoms with van der Waals surface area (Å²) in [5.41, 5.74) is 0.735. The number of nitrogens with zero attached hydrogens (tertiary/aromatic N) is 1. The van der Waals surface area contributed by atoms with Crippen LogP contribution in [0.5, 0.6) is 5.75 Å². The number of benzene rings is 1. The molecule has 2 N–H and O–H groups in total. The molecule has 5 heteroatoms. The lowest BCUT2D eigenvalue weighted by atomic mass is 10.1. The van der Waals surface area contributed by atoms with Crippen molar-refractivity contribution >= 4 is 11.6 Å². The van der Waals surface area contributed by atoms with Crippen LogP contribution >= 0.6 is 0 Å². The summed E-state index contributed by atoms with van der Waals surface area (Å²) in [6.07, 6.45) is 1.89. The first-order valence-electron chi connectivity index (χ1n) is 7.43. The fourth-order valence-electron chi connectivity index (χ4n) is 2.46. The van der Waals surface area contributed by atoms with Gasteiger partial charge in [-0.15, -0.1) is 0 Å². The molecule has 0 saturated heterocycles. The van der Waals surface area contributed by atoms with E-state index in [1.807, 2.05) is 38.4 Å². The van der Waals surface area contributed by atoms with Gasteiger partial charge in [0.05, 0.1) is 12.0 Å². The molecule has 0 spiro atoms. The number of carbonyl (C=O) groups is 1. The van der Waals surface area contributed by atoms with Crippen molar-refractivity contribution in [2.45, 2.75) is 25.4 Å². The third-order valence-corrected chi connectivity index (χ3v) is 3.75. The molecule has 2 atom stereocenters. The predicted molar refractivity (Wildman–Crippen MR) is 82.5 cm³/mol. The number of likely N-dealkylation sites (N-methyl/N-ethyl adjacent to an activating group) is 1. The van der Waals surface area contributed by atoms with Crippen molar-refractivity contribution in [2.24, 2.45) is 5.92 Å². The first-order valence-corrected chi connectivity index (χ1v) is 7.43. The van der Waals surface area contributed by atoms with E-state index in [0.29, 0.717) is 6.61 Å². The topological polar surface area (TPSA) is 61.8 Å². The van der Waals surface area contributed by atoms with Gasteiger partial charge >= 0.3 is 0 Å². The quantitative estimate of drug-likeness (QED) is 0.838. The molecular formula is C16H24N2O3. The Hall–Kier alpha value is -1.59. The second-order valence-electron chi connectivity index (χ2n) is 5.77. The largest absolute Gasteiger partial charge is 0.492 e. The Morgan fingerprint density at radius 3 is 2.62 bits per heavy atom. The molecule has 2 unspecified atom stereocenters. The maximum absolute atomic E-state index is 12.0. The van der Waals surface area contributed by atoms with Crippen molar-refractivity contribution in [1.82, 2.24) is 4.90 Å². The molecule has 0 aliphatic heterocycles. The summed E-state index contributed by atoms with van der Waals surface area (Å²) in [4.78, 5) is 14.1. The molecule has 0 heterocycles. The number of amides is 1. The van der Waals surface area contributed by atoms with Crippen LogP contribution in [0.3, 0.4) is 0 Å². The van der Waals surface area contributed by atoms with Gasteiger partial charge in [-0.1, -0.05) is 0 Å². The van der Waals surface area contributed by atoms with Gasteiger partial charge in [-0.2, -0.15) is 0 Å². The summed E-state index contributed by atoms with van der Waals surface area (Å²) in [5, 5.41) is 12.6. The Kier molecular flexibility index (Phi) is 5.59. The molecule has 1 fully saturated rings. The SMILES string of the molecule is CN(C)CCOc1ccc(NC(=O)C2CCCC2O)cc1. The molecule has 0 bridgehead atoms. The highest BCUT2D eigenvalue weighted by Crippen LogP contribution is 2.27. The zero-order valence-corrected chi connectivity index (χ0v) is 12.7. The van der Waals surface area contributed by atoms with Crippen LogP contribution in [0.25, 0.3) is 0 Å². The minimum atomic E-state index is -0.501. The normalized spacial score (nSPS) is 21.5. The summed E-state index contributed by atoms with van der Waals surface area (Å²) >= 11 is 0. The van der Waals surface area contributed by atoms with Crippen LogP contribution in [0.15, 0.2) is 24.3 Å². The molecule has 1 aromatic rings. The Balaban J connectivity index is 1.83. The Morgan fingerprint density at radius 1 is 1.33 bits per heavy atom. The van der Waals surface area contributed by atoms with Crippen LogP contribution in [0, 0.1) is 5.92 Å². The smallest absolute Gasteiger partial charge is 0.230 e. The lowest BCUT2D eigenvalue weighted by molar-refractivity contribution is -0.122. The van der Waals surface area contributed by atoms with Crippen molar-refractivity contribution in [3.63, 3.8) is 0 Å². The number of hydrogen-bond acceptors (Lipinski definition) is 4. The van der Waals surface area contributed by atoms with Crippen LogP contribution in [0.2, 0.25) is 0 Å². The number of anilines is 1. The standard InChI is InChI=1S/C16H24N2O3/c1-18(2)10-11-21-13-8-6-12(7-9-13)17-16(20)14-4-3-5-15(14)19/h6-9,14-15,19H,3-5,10-11H2,1-2H3,(H,17,20). The lowest BCUT2D eigenvalue weighted by Crippen LogP contribution is -2.28. The molecule has 0 aromatic heterocycles. The van der Waals surface area contributed by atoms with E-state index in [4.69, 9.17) is 4.74 Å². The lowest BCUT2D eigenvalue weighted by Gasteiger charge is -2.15. The number of aliphatic hydroxyl groups is 1. The average molecular weight is 292 g/mol. The van der Waals surface area contributed by atoms with Gasteiger partial charge in [0.1, 0.15) is 12.4 Å². The Labute approximate surface area is 125 Å². The monoisotopic (exact) mass is 292 g/mol. The van der Waals surface area contributed by atoms with Gasteiger partial charge in [-0.25, -0.2) is 0 Å². The zero-order valence-electron chi connectivity index (χ0n) is 12.7. The fraction of sp³-hybridized carbons (Fsp3) is 0.562. The number of ether oxygens (including phenoxy) is 1. The maximum atomic E-state index is 12.0. The van der Waals surface area contributed by atoms with E-state index in [-0.39, 0.29) is 11.8 Å². The zero-order chi connectivity index (χ0) is 15.2. The third-order valence-electron chi connectivity index (χ3n) is 3.75. The van der Waals surface area contributed by atoms with Crippen molar-refractivity contribution in [3.05, 3.63) is 24.3 Å². The molecule has 2 rings (SSSR count). The second kappa shape index (κ2) is 7.43. The first-order chi connectivity index (χ1) is 10.1. The molecular weight excluding hydrogens is 268 g/mol. The van der Waals surface area contributed by atoms with E-state index < -0.39 is 6.10 Å². The predicted octanol–water partition coefficient (Wildman–Crippen LogP) is 1.73. The Morgan fingerprint density at radius 2 is 2.05 bits per heavy atom. The summed E-state index contributed by atoms with van der Waals surface area (Å²) in [6.45, 7) is 1.49. The van der Waals surface area contributed by atoms with Gasteiger partial charge < -0.3 is 20.1 Å². The highest BCUT2D eigenvalue weighted by molar-refractivity contribution is 5.93. The molecule has 1 saturated carbocycles. The minimum absolute atomic E-state index is 0.0960. The number of nitrogens with one attached hydrogen (secondary N) is 1. The number of carbonyl (C=O) groups excluding carboxylic acids is 1. The van der Waals surface area contributed by atoms with Crippen LogP contribution in [0.4, 0.5) is 5.69 Å². The number of aliphatic hydroxyl groups excluding tert-OH is 1. The Bertz CT molecular complexity index is 459. The first kappa shape index (κ1) is 15.8. The number of hydrogen-bond donors (Lipinski definition) is 2. The van der Waals surface area contributed by atoms with Crippen molar-refractivity contribution in [1.29, 1.82) is 0 Å². The van der Waals surface area contributed by atoms with Crippen LogP contribution < -0.4 is 10.1 Å². The van der Waals surface area contributed by atoms with Crippen LogP contribution in [0.1, 0.15) is 19.3 Å². The van der Waals surface area contributed by atoms with E-state index in [1.165, 1.54) is 0 Å². The molecule has 116 valence electrons.